The van der Waals surface area contributed by atoms with Gasteiger partial charge in [-0.05, 0) is 74.9 Å². The molecule has 0 saturated carbocycles. The summed E-state index contributed by atoms with van der Waals surface area (Å²) >= 11 is 0. The molecule has 0 N–H and O–H groups in total. The van der Waals surface area contributed by atoms with Crippen molar-refractivity contribution in [2.75, 3.05) is 7.11 Å². The average molecular weight is 461 g/mol. The zero-order chi connectivity index (χ0) is 25.0. The fourth-order valence-corrected chi connectivity index (χ4v) is 5.60. The summed E-state index contributed by atoms with van der Waals surface area (Å²) in [5.74, 6) is 1.34. The average Bonchev–Trinajstić information content (AvgIpc) is 3.14. The van der Waals surface area contributed by atoms with Crippen LogP contribution >= 0.6 is 0 Å². The second-order valence-electron chi connectivity index (χ2n) is 11.3. The highest BCUT2D eigenvalue weighted by molar-refractivity contribution is 5.87. The molecule has 0 aliphatic heterocycles. The molecule has 178 valence electrons. The number of aryl methyl sites for hydroxylation is 1. The maximum atomic E-state index is 5.54. The molecule has 0 heterocycles. The molecule has 4 aromatic rings. The second kappa shape index (κ2) is 8.41. The van der Waals surface area contributed by atoms with Gasteiger partial charge in [-0.15, -0.1) is 0 Å². The van der Waals surface area contributed by atoms with Crippen molar-refractivity contribution in [3.05, 3.63) is 124 Å². The third-order valence-corrected chi connectivity index (χ3v) is 7.70. The van der Waals surface area contributed by atoms with Gasteiger partial charge in [0.2, 0.25) is 0 Å². The number of ether oxygens (including phenoxy) is 1. The molecular weight excluding hydrogens is 424 g/mol. The van der Waals surface area contributed by atoms with E-state index >= 15 is 0 Å². The van der Waals surface area contributed by atoms with Crippen LogP contribution in [0.1, 0.15) is 79.5 Å². The first-order valence-corrected chi connectivity index (χ1v) is 12.7. The predicted molar refractivity (Wildman–Crippen MR) is 148 cm³/mol. The van der Waals surface area contributed by atoms with Crippen LogP contribution < -0.4 is 4.74 Å². The first-order valence-electron chi connectivity index (χ1n) is 12.7. The number of methoxy groups -OCH3 is 1. The van der Waals surface area contributed by atoms with Crippen LogP contribution in [0.2, 0.25) is 0 Å². The minimum Gasteiger partial charge on any atom is -0.497 e. The van der Waals surface area contributed by atoms with Crippen LogP contribution in [-0.4, -0.2) is 7.11 Å². The van der Waals surface area contributed by atoms with Crippen molar-refractivity contribution in [3.8, 4) is 16.9 Å². The monoisotopic (exact) mass is 460 g/mol. The van der Waals surface area contributed by atoms with Gasteiger partial charge >= 0.3 is 0 Å². The summed E-state index contributed by atoms with van der Waals surface area (Å²) in [7, 11) is 1.73. The molecule has 1 heteroatoms. The summed E-state index contributed by atoms with van der Waals surface area (Å²) in [6, 6.07) is 32.1. The minimum atomic E-state index is -0.392. The van der Waals surface area contributed by atoms with E-state index in [4.69, 9.17) is 4.74 Å². The van der Waals surface area contributed by atoms with Crippen molar-refractivity contribution in [2.24, 2.45) is 0 Å². The topological polar surface area (TPSA) is 9.23 Å². The van der Waals surface area contributed by atoms with Crippen molar-refractivity contribution in [1.29, 1.82) is 0 Å². The van der Waals surface area contributed by atoms with E-state index in [2.05, 4.69) is 126 Å². The zero-order valence-corrected chi connectivity index (χ0v) is 22.1. The molecular formula is C34H36O. The Morgan fingerprint density at radius 2 is 1.23 bits per heavy atom. The minimum absolute atomic E-state index is 0.0613. The van der Waals surface area contributed by atoms with E-state index in [0.717, 1.165) is 5.75 Å². The van der Waals surface area contributed by atoms with Crippen molar-refractivity contribution >= 4 is 0 Å². The lowest BCUT2D eigenvalue weighted by molar-refractivity contribution is 0.414. The first kappa shape index (κ1) is 23.4. The third-order valence-electron chi connectivity index (χ3n) is 7.70. The number of hydrogen-bond donors (Lipinski definition) is 0. The Morgan fingerprint density at radius 3 is 1.77 bits per heavy atom. The highest BCUT2D eigenvalue weighted by atomic mass is 16.5. The molecule has 4 aromatic carbocycles. The van der Waals surface area contributed by atoms with Gasteiger partial charge in [0, 0.05) is 0 Å². The van der Waals surface area contributed by atoms with Crippen LogP contribution in [0.3, 0.4) is 0 Å². The highest BCUT2D eigenvalue weighted by Crippen LogP contribution is 2.57. The molecule has 1 nitrogen and oxygen atoms in total. The molecule has 0 amide bonds. The standard InChI is InChI=1S/C34H36O/c1-22(2)24-10-18-29-30-19-15-27(33(4,5)6)21-32(30)34(31(29)20-24,25-11-8-23(3)9-12-25)26-13-16-28(35-7)17-14-26/h8-22H,1-7H3. The summed E-state index contributed by atoms with van der Waals surface area (Å²) in [6.07, 6.45) is 0. The van der Waals surface area contributed by atoms with Crippen LogP contribution in [0.25, 0.3) is 11.1 Å². The summed E-state index contributed by atoms with van der Waals surface area (Å²) < 4.78 is 5.54. The quantitative estimate of drug-likeness (QED) is 0.260. The Hall–Kier alpha value is -3.32. The van der Waals surface area contributed by atoms with E-state index in [9.17, 15) is 0 Å². The molecule has 1 unspecified atom stereocenters. The lowest BCUT2D eigenvalue weighted by Gasteiger charge is -2.35. The molecule has 0 spiro atoms. The van der Waals surface area contributed by atoms with Crippen LogP contribution in [0.5, 0.6) is 5.75 Å². The predicted octanol–water partition coefficient (Wildman–Crippen LogP) is 8.79. The van der Waals surface area contributed by atoms with Gasteiger partial charge in [-0.1, -0.05) is 113 Å². The third kappa shape index (κ3) is 3.69. The van der Waals surface area contributed by atoms with Crippen LogP contribution in [0.15, 0.2) is 84.9 Å². The van der Waals surface area contributed by atoms with E-state index in [1.54, 1.807) is 7.11 Å². The maximum Gasteiger partial charge on any atom is 0.118 e. The van der Waals surface area contributed by atoms with Gasteiger partial charge in [0.25, 0.3) is 0 Å². The van der Waals surface area contributed by atoms with E-state index in [1.165, 1.54) is 50.1 Å². The number of fused-ring (bicyclic) bond motifs is 3. The van der Waals surface area contributed by atoms with E-state index < -0.39 is 5.41 Å². The number of rotatable bonds is 4. The number of benzene rings is 4. The normalized spacial score (nSPS) is 16.8. The first-order chi connectivity index (χ1) is 16.7. The second-order valence-corrected chi connectivity index (χ2v) is 11.3. The molecule has 0 saturated heterocycles. The smallest absolute Gasteiger partial charge is 0.118 e. The fraction of sp³-hybridized carbons (Fsp3) is 0.294. The molecule has 0 bridgehead atoms. The highest BCUT2D eigenvalue weighted by Gasteiger charge is 2.46. The summed E-state index contributed by atoms with van der Waals surface area (Å²) in [4.78, 5) is 0. The molecule has 1 atom stereocenters. The van der Waals surface area contributed by atoms with Crippen molar-refractivity contribution in [3.63, 3.8) is 0 Å². The maximum absolute atomic E-state index is 5.54. The van der Waals surface area contributed by atoms with Gasteiger partial charge in [-0.3, -0.25) is 0 Å². The molecule has 35 heavy (non-hydrogen) atoms. The van der Waals surface area contributed by atoms with Crippen molar-refractivity contribution < 1.29 is 4.74 Å². The molecule has 0 radical (unpaired) electrons. The number of hydrogen-bond acceptors (Lipinski definition) is 1. The summed E-state index contributed by atoms with van der Waals surface area (Å²) in [5, 5.41) is 0. The van der Waals surface area contributed by atoms with E-state index in [-0.39, 0.29) is 5.41 Å². The lowest BCUT2D eigenvalue weighted by Crippen LogP contribution is -2.29. The molecule has 5 rings (SSSR count). The van der Waals surface area contributed by atoms with E-state index in [1.807, 2.05) is 0 Å². The van der Waals surface area contributed by atoms with E-state index in [0.29, 0.717) is 5.92 Å². The lowest BCUT2D eigenvalue weighted by atomic mass is 9.66. The van der Waals surface area contributed by atoms with Gasteiger partial charge in [-0.25, -0.2) is 0 Å². The molecule has 1 aliphatic carbocycles. The molecule has 0 aromatic heterocycles. The summed E-state index contributed by atoms with van der Waals surface area (Å²) in [6.45, 7) is 13.6. The van der Waals surface area contributed by atoms with Crippen molar-refractivity contribution in [1.82, 2.24) is 0 Å². The van der Waals surface area contributed by atoms with Crippen molar-refractivity contribution in [2.45, 2.75) is 58.3 Å². The van der Waals surface area contributed by atoms with Crippen LogP contribution in [0.4, 0.5) is 0 Å². The van der Waals surface area contributed by atoms with Crippen LogP contribution in [0, 0.1) is 6.92 Å². The summed E-state index contributed by atoms with van der Waals surface area (Å²) in [5.41, 5.74) is 11.7. The Kier molecular flexibility index (Phi) is 5.63. The van der Waals surface area contributed by atoms with Gasteiger partial charge in [0.15, 0.2) is 0 Å². The molecule has 1 aliphatic rings. The Morgan fingerprint density at radius 1 is 0.686 bits per heavy atom. The Labute approximate surface area is 210 Å². The van der Waals surface area contributed by atoms with Gasteiger partial charge < -0.3 is 4.74 Å². The van der Waals surface area contributed by atoms with Gasteiger partial charge in [-0.2, -0.15) is 0 Å². The largest absolute Gasteiger partial charge is 0.497 e. The Bertz CT molecular complexity index is 1370. The zero-order valence-electron chi connectivity index (χ0n) is 22.1. The SMILES string of the molecule is COc1ccc(C2(c3ccc(C)cc3)c3cc(C(C)C)ccc3-c3ccc(C(C)(C)C)cc32)cc1. The van der Waals surface area contributed by atoms with Gasteiger partial charge in [0.05, 0.1) is 12.5 Å². The van der Waals surface area contributed by atoms with Crippen LogP contribution in [-0.2, 0) is 10.8 Å². The Balaban J connectivity index is 1.94. The van der Waals surface area contributed by atoms with Gasteiger partial charge in [0.1, 0.15) is 5.75 Å². The fourth-order valence-electron chi connectivity index (χ4n) is 5.60. The molecule has 0 fully saturated rings.